The maximum atomic E-state index is 11.6. The van der Waals surface area contributed by atoms with Crippen LogP contribution < -0.4 is 9.88 Å². The van der Waals surface area contributed by atoms with Crippen molar-refractivity contribution in [2.24, 2.45) is 5.14 Å². The molecule has 0 radical (unpaired) electrons. The van der Waals surface area contributed by atoms with E-state index < -0.39 is 15.6 Å². The summed E-state index contributed by atoms with van der Waals surface area (Å²) in [7, 11) is -3.80. The molecule has 0 aliphatic carbocycles. The third kappa shape index (κ3) is 5.75. The largest absolute Gasteiger partial charge is 0.493 e. The minimum absolute atomic E-state index is 0.0262. The smallest absolute Gasteiger partial charge is 0.238 e. The highest BCUT2D eigenvalue weighted by Crippen LogP contribution is 2.35. The SMILES string of the molecule is NS(=O)(=O)c1ccc(-c2oc(CCOc3cccc(C4(O)CCOCC4)c3)nc2-c2ccccc2)cc1. The van der Waals surface area contributed by atoms with E-state index in [-0.39, 0.29) is 4.90 Å². The number of sulfonamides is 1. The van der Waals surface area contributed by atoms with Crippen LogP contribution in [0.15, 0.2) is 88.2 Å². The Bertz CT molecular complexity index is 1460. The lowest BCUT2D eigenvalue weighted by Crippen LogP contribution is -2.33. The second-order valence-corrected chi connectivity index (χ2v) is 10.6. The van der Waals surface area contributed by atoms with Gasteiger partial charge in [0.05, 0.1) is 23.5 Å². The van der Waals surface area contributed by atoms with Gasteiger partial charge in [0, 0.05) is 37.2 Å². The first-order chi connectivity index (χ1) is 17.8. The van der Waals surface area contributed by atoms with Crippen LogP contribution in [0.4, 0.5) is 0 Å². The number of hydrogen-bond donors (Lipinski definition) is 2. The first kappa shape index (κ1) is 25.2. The average molecular weight is 521 g/mol. The first-order valence-corrected chi connectivity index (χ1v) is 13.6. The van der Waals surface area contributed by atoms with E-state index in [9.17, 15) is 13.5 Å². The number of aromatic nitrogens is 1. The van der Waals surface area contributed by atoms with Gasteiger partial charge in [-0.05, 0) is 42.0 Å². The third-order valence-electron chi connectivity index (χ3n) is 6.44. The zero-order chi connectivity index (χ0) is 25.9. The monoisotopic (exact) mass is 520 g/mol. The molecule has 1 aromatic heterocycles. The Kier molecular flexibility index (Phi) is 7.12. The van der Waals surface area contributed by atoms with E-state index in [1.165, 1.54) is 12.1 Å². The molecular weight excluding hydrogens is 492 g/mol. The second-order valence-electron chi connectivity index (χ2n) is 8.99. The molecule has 8 nitrogen and oxygen atoms in total. The topological polar surface area (TPSA) is 125 Å². The van der Waals surface area contributed by atoms with Gasteiger partial charge < -0.3 is 19.0 Å². The van der Waals surface area contributed by atoms with E-state index in [1.807, 2.05) is 54.6 Å². The fraction of sp³-hybridized carbons (Fsp3) is 0.250. The Labute approximate surface area is 215 Å². The van der Waals surface area contributed by atoms with Crippen LogP contribution in [0.25, 0.3) is 22.6 Å². The molecule has 3 N–H and O–H groups in total. The van der Waals surface area contributed by atoms with E-state index in [1.54, 1.807) is 12.1 Å². The fourth-order valence-corrected chi connectivity index (χ4v) is 4.90. The average Bonchev–Trinajstić information content (AvgIpc) is 3.34. The molecule has 4 aromatic rings. The summed E-state index contributed by atoms with van der Waals surface area (Å²) in [6, 6.07) is 23.3. The van der Waals surface area contributed by atoms with Crippen molar-refractivity contribution in [3.63, 3.8) is 0 Å². The molecule has 1 fully saturated rings. The van der Waals surface area contributed by atoms with E-state index >= 15 is 0 Å². The summed E-state index contributed by atoms with van der Waals surface area (Å²) in [4.78, 5) is 4.74. The Morgan fingerprint density at radius 3 is 2.38 bits per heavy atom. The molecule has 0 amide bonds. The molecule has 5 rings (SSSR count). The van der Waals surface area contributed by atoms with Crippen molar-refractivity contribution in [3.05, 3.63) is 90.3 Å². The molecule has 3 aromatic carbocycles. The van der Waals surface area contributed by atoms with Crippen LogP contribution in [0, 0.1) is 0 Å². The highest BCUT2D eigenvalue weighted by molar-refractivity contribution is 7.89. The van der Waals surface area contributed by atoms with Crippen LogP contribution >= 0.6 is 0 Å². The van der Waals surface area contributed by atoms with Gasteiger partial charge in [-0.25, -0.2) is 18.5 Å². The molecule has 1 aliphatic rings. The maximum absolute atomic E-state index is 11.6. The zero-order valence-corrected chi connectivity index (χ0v) is 21.0. The molecule has 37 heavy (non-hydrogen) atoms. The summed E-state index contributed by atoms with van der Waals surface area (Å²) >= 11 is 0. The Morgan fingerprint density at radius 1 is 0.946 bits per heavy atom. The molecule has 0 atom stereocenters. The Morgan fingerprint density at radius 2 is 1.68 bits per heavy atom. The summed E-state index contributed by atoms with van der Waals surface area (Å²) in [5.41, 5.74) is 2.13. The molecule has 0 unspecified atom stereocenters. The predicted molar refractivity (Wildman–Crippen MR) is 138 cm³/mol. The van der Waals surface area contributed by atoms with Crippen molar-refractivity contribution < 1.29 is 27.4 Å². The summed E-state index contributed by atoms with van der Waals surface area (Å²) in [5.74, 6) is 1.68. The van der Waals surface area contributed by atoms with Gasteiger partial charge in [-0.1, -0.05) is 42.5 Å². The lowest BCUT2D eigenvalue weighted by molar-refractivity contribution is -0.0680. The second kappa shape index (κ2) is 10.5. The molecule has 9 heteroatoms. The quantitative estimate of drug-likeness (QED) is 0.355. The van der Waals surface area contributed by atoms with E-state index in [4.69, 9.17) is 24.0 Å². The summed E-state index contributed by atoms with van der Waals surface area (Å²) in [6.07, 6.45) is 1.52. The van der Waals surface area contributed by atoms with Crippen LogP contribution in [0.1, 0.15) is 24.3 Å². The van der Waals surface area contributed by atoms with E-state index in [0.717, 1.165) is 11.1 Å². The number of rotatable bonds is 8. The van der Waals surface area contributed by atoms with Gasteiger partial charge in [-0.2, -0.15) is 0 Å². The summed E-state index contributed by atoms with van der Waals surface area (Å²) in [6.45, 7) is 1.38. The van der Waals surface area contributed by atoms with Crippen LogP contribution in [0.5, 0.6) is 5.75 Å². The normalized spacial score (nSPS) is 15.4. The fourth-order valence-electron chi connectivity index (χ4n) is 4.38. The zero-order valence-electron chi connectivity index (χ0n) is 20.2. The first-order valence-electron chi connectivity index (χ1n) is 12.0. The van der Waals surface area contributed by atoms with Crippen LogP contribution in [0.3, 0.4) is 0 Å². The summed E-state index contributed by atoms with van der Waals surface area (Å²) < 4.78 is 40.8. The Balaban J connectivity index is 1.35. The number of hydrogen-bond acceptors (Lipinski definition) is 7. The predicted octanol–water partition coefficient (Wildman–Crippen LogP) is 4.28. The number of nitrogens with two attached hydrogens (primary N) is 1. The van der Waals surface area contributed by atoms with Gasteiger partial charge in [0.1, 0.15) is 11.4 Å². The lowest BCUT2D eigenvalue weighted by Gasteiger charge is -2.32. The highest BCUT2D eigenvalue weighted by Gasteiger charge is 2.32. The molecule has 192 valence electrons. The lowest BCUT2D eigenvalue weighted by atomic mass is 9.86. The van der Waals surface area contributed by atoms with Crippen LogP contribution in [-0.4, -0.2) is 38.3 Å². The van der Waals surface area contributed by atoms with Gasteiger partial charge in [-0.3, -0.25) is 0 Å². The number of ether oxygens (including phenoxy) is 2. The third-order valence-corrected chi connectivity index (χ3v) is 7.37. The highest BCUT2D eigenvalue weighted by atomic mass is 32.2. The molecule has 0 saturated carbocycles. The minimum Gasteiger partial charge on any atom is -0.493 e. The summed E-state index contributed by atoms with van der Waals surface area (Å²) in [5, 5.41) is 16.2. The van der Waals surface area contributed by atoms with E-state index in [0.29, 0.717) is 67.7 Å². The number of nitrogens with zero attached hydrogens (tertiary/aromatic N) is 1. The van der Waals surface area contributed by atoms with Gasteiger partial charge in [0.2, 0.25) is 10.0 Å². The van der Waals surface area contributed by atoms with Crippen molar-refractivity contribution in [2.45, 2.75) is 29.8 Å². The molecule has 0 bridgehead atoms. The number of oxazole rings is 1. The van der Waals surface area contributed by atoms with Crippen molar-refractivity contribution in [1.29, 1.82) is 0 Å². The van der Waals surface area contributed by atoms with E-state index in [2.05, 4.69) is 0 Å². The van der Waals surface area contributed by atoms with Crippen LogP contribution in [-0.2, 0) is 26.8 Å². The maximum Gasteiger partial charge on any atom is 0.238 e. The van der Waals surface area contributed by atoms with Gasteiger partial charge in [0.15, 0.2) is 11.7 Å². The molecule has 2 heterocycles. The standard InChI is InChI=1S/C28H28N2O6S/c29-37(32,33)24-11-9-21(10-12-24)27-26(20-5-2-1-3-6-20)30-25(36-27)13-16-35-23-8-4-7-22(19-23)28(31)14-17-34-18-15-28/h1-12,19,31H,13-18H2,(H2,29,32,33). The van der Waals surface area contributed by atoms with Crippen molar-refractivity contribution >= 4 is 10.0 Å². The molecule has 0 spiro atoms. The minimum atomic E-state index is -3.80. The molecule has 1 saturated heterocycles. The van der Waals surface area contributed by atoms with Gasteiger partial charge in [0.25, 0.3) is 0 Å². The number of aliphatic hydroxyl groups is 1. The van der Waals surface area contributed by atoms with Crippen molar-refractivity contribution in [3.8, 4) is 28.3 Å². The van der Waals surface area contributed by atoms with Gasteiger partial charge >= 0.3 is 0 Å². The van der Waals surface area contributed by atoms with Crippen molar-refractivity contribution in [1.82, 2.24) is 4.98 Å². The molecular formula is C28H28N2O6S. The number of primary sulfonamides is 1. The number of benzene rings is 3. The molecule has 1 aliphatic heterocycles. The van der Waals surface area contributed by atoms with Crippen molar-refractivity contribution in [2.75, 3.05) is 19.8 Å². The Hall–Kier alpha value is -3.50. The van der Waals surface area contributed by atoms with Gasteiger partial charge in [-0.15, -0.1) is 0 Å². The van der Waals surface area contributed by atoms with Crippen LogP contribution in [0.2, 0.25) is 0 Å².